The van der Waals surface area contributed by atoms with Crippen LogP contribution in [0, 0.1) is 13.8 Å². The third-order valence-electron chi connectivity index (χ3n) is 3.08. The van der Waals surface area contributed by atoms with E-state index >= 15 is 0 Å². The van der Waals surface area contributed by atoms with Crippen LogP contribution in [0.15, 0.2) is 42.6 Å². The molecule has 3 rings (SSSR count). The predicted octanol–water partition coefficient (Wildman–Crippen LogP) is 2.96. The van der Waals surface area contributed by atoms with Crippen molar-refractivity contribution < 1.29 is 0 Å². The van der Waals surface area contributed by atoms with Crippen LogP contribution < -0.4 is 5.32 Å². The van der Waals surface area contributed by atoms with Crippen molar-refractivity contribution in [2.24, 2.45) is 0 Å². The average Bonchev–Trinajstić information content (AvgIpc) is 2.81. The second-order valence-corrected chi connectivity index (χ2v) is 4.65. The number of aryl methyl sites for hydroxylation is 2. The highest BCUT2D eigenvalue weighted by atomic mass is 15.0. The molecule has 19 heavy (non-hydrogen) atoms. The Morgan fingerprint density at radius 1 is 1.05 bits per heavy atom. The molecule has 4 heteroatoms. The molecular formula is C15H16N4. The van der Waals surface area contributed by atoms with Gasteiger partial charge in [0.2, 0.25) is 0 Å². The number of rotatable bonds is 3. The number of pyridine rings is 2. The highest BCUT2D eigenvalue weighted by Gasteiger charge is 2.03. The van der Waals surface area contributed by atoms with Crippen LogP contribution in [0.5, 0.6) is 0 Å². The molecule has 3 heterocycles. The Hall–Kier alpha value is -2.36. The van der Waals surface area contributed by atoms with Gasteiger partial charge in [0.15, 0.2) is 0 Å². The number of fused-ring (bicyclic) bond motifs is 1. The van der Waals surface area contributed by atoms with Crippen LogP contribution >= 0.6 is 0 Å². The Balaban J connectivity index is 1.80. The average molecular weight is 252 g/mol. The molecule has 0 saturated heterocycles. The Kier molecular flexibility index (Phi) is 2.91. The van der Waals surface area contributed by atoms with Crippen molar-refractivity contribution >= 4 is 11.5 Å². The maximum absolute atomic E-state index is 4.58. The Morgan fingerprint density at radius 3 is 2.68 bits per heavy atom. The number of imidazole rings is 1. The number of anilines is 1. The minimum Gasteiger partial charge on any atom is -0.364 e. The van der Waals surface area contributed by atoms with Gasteiger partial charge in [-0.1, -0.05) is 12.1 Å². The quantitative estimate of drug-likeness (QED) is 0.779. The van der Waals surface area contributed by atoms with Gasteiger partial charge in [0.25, 0.3) is 0 Å². The van der Waals surface area contributed by atoms with E-state index in [4.69, 9.17) is 0 Å². The first-order chi connectivity index (χ1) is 9.22. The molecule has 3 aromatic heterocycles. The molecule has 96 valence electrons. The van der Waals surface area contributed by atoms with E-state index in [-0.39, 0.29) is 0 Å². The molecule has 0 saturated carbocycles. The van der Waals surface area contributed by atoms with E-state index in [1.165, 1.54) is 5.69 Å². The van der Waals surface area contributed by atoms with Gasteiger partial charge in [0, 0.05) is 17.6 Å². The zero-order chi connectivity index (χ0) is 13.2. The van der Waals surface area contributed by atoms with Gasteiger partial charge in [-0.25, -0.2) is 9.97 Å². The number of aromatic nitrogens is 3. The van der Waals surface area contributed by atoms with Crippen molar-refractivity contribution in [2.75, 3.05) is 5.32 Å². The summed E-state index contributed by atoms with van der Waals surface area (Å²) in [6.45, 7) is 4.74. The lowest BCUT2D eigenvalue weighted by Gasteiger charge is -2.03. The van der Waals surface area contributed by atoms with Gasteiger partial charge >= 0.3 is 0 Å². The van der Waals surface area contributed by atoms with Crippen molar-refractivity contribution in [1.29, 1.82) is 0 Å². The number of nitrogens with zero attached hydrogens (tertiary/aromatic N) is 3. The first-order valence-corrected chi connectivity index (χ1v) is 6.33. The maximum Gasteiger partial charge on any atom is 0.137 e. The summed E-state index contributed by atoms with van der Waals surface area (Å²) in [5, 5.41) is 3.30. The largest absolute Gasteiger partial charge is 0.364 e. The molecule has 0 spiro atoms. The lowest BCUT2D eigenvalue weighted by molar-refractivity contribution is 1.04. The molecule has 0 aliphatic heterocycles. The van der Waals surface area contributed by atoms with Gasteiger partial charge < -0.3 is 9.72 Å². The van der Waals surface area contributed by atoms with Crippen LogP contribution in [0.1, 0.15) is 17.1 Å². The summed E-state index contributed by atoms with van der Waals surface area (Å²) in [5.41, 5.74) is 4.19. The summed E-state index contributed by atoms with van der Waals surface area (Å²) in [5.74, 6) is 0.883. The van der Waals surface area contributed by atoms with Crippen molar-refractivity contribution in [2.45, 2.75) is 20.4 Å². The molecule has 0 amide bonds. The minimum atomic E-state index is 0.678. The fourth-order valence-corrected chi connectivity index (χ4v) is 2.11. The molecule has 0 atom stereocenters. The normalized spacial score (nSPS) is 10.8. The second kappa shape index (κ2) is 4.72. The fraction of sp³-hybridized carbons (Fsp3) is 0.200. The predicted molar refractivity (Wildman–Crippen MR) is 76.2 cm³/mol. The first kappa shape index (κ1) is 11.7. The Labute approximate surface area is 112 Å². The topological polar surface area (TPSA) is 42.2 Å². The van der Waals surface area contributed by atoms with E-state index in [0.717, 1.165) is 22.9 Å². The van der Waals surface area contributed by atoms with E-state index in [1.54, 1.807) is 0 Å². The Bertz CT molecular complexity index is 715. The van der Waals surface area contributed by atoms with E-state index < -0.39 is 0 Å². The van der Waals surface area contributed by atoms with Crippen molar-refractivity contribution in [3.05, 3.63) is 59.7 Å². The van der Waals surface area contributed by atoms with Gasteiger partial charge in [-0.05, 0) is 38.1 Å². The molecular weight excluding hydrogens is 236 g/mol. The number of nitrogens with one attached hydrogen (secondary N) is 1. The van der Waals surface area contributed by atoms with Crippen LogP contribution in [0.2, 0.25) is 0 Å². The minimum absolute atomic E-state index is 0.678. The van der Waals surface area contributed by atoms with Gasteiger partial charge in [-0.15, -0.1) is 0 Å². The zero-order valence-corrected chi connectivity index (χ0v) is 11.1. The van der Waals surface area contributed by atoms with Crippen LogP contribution in [-0.4, -0.2) is 14.4 Å². The van der Waals surface area contributed by atoms with Gasteiger partial charge in [0.05, 0.1) is 12.2 Å². The molecule has 0 aromatic carbocycles. The molecule has 0 aliphatic rings. The summed E-state index contributed by atoms with van der Waals surface area (Å²) in [6.07, 6.45) is 2.06. The molecule has 1 N–H and O–H groups in total. The van der Waals surface area contributed by atoms with Gasteiger partial charge in [-0.2, -0.15) is 0 Å². The SMILES string of the molecule is Cc1cccc(NCc2cn3c(C)cccc3n2)n1. The summed E-state index contributed by atoms with van der Waals surface area (Å²) in [4.78, 5) is 9.00. The first-order valence-electron chi connectivity index (χ1n) is 6.33. The van der Waals surface area contributed by atoms with E-state index in [9.17, 15) is 0 Å². The van der Waals surface area contributed by atoms with Crippen LogP contribution in [0.3, 0.4) is 0 Å². The molecule has 0 fully saturated rings. The van der Waals surface area contributed by atoms with E-state index in [1.807, 2.05) is 37.3 Å². The molecule has 0 radical (unpaired) electrons. The van der Waals surface area contributed by atoms with Crippen LogP contribution in [-0.2, 0) is 6.54 Å². The molecule has 0 unspecified atom stereocenters. The maximum atomic E-state index is 4.58. The van der Waals surface area contributed by atoms with Gasteiger partial charge in [-0.3, -0.25) is 0 Å². The van der Waals surface area contributed by atoms with Crippen molar-refractivity contribution in [1.82, 2.24) is 14.4 Å². The van der Waals surface area contributed by atoms with E-state index in [2.05, 4.69) is 38.9 Å². The summed E-state index contributed by atoms with van der Waals surface area (Å²) < 4.78 is 2.10. The summed E-state index contributed by atoms with van der Waals surface area (Å²) in [6, 6.07) is 12.1. The molecule has 0 aliphatic carbocycles. The summed E-state index contributed by atoms with van der Waals surface area (Å²) >= 11 is 0. The van der Waals surface area contributed by atoms with Gasteiger partial charge in [0.1, 0.15) is 11.5 Å². The van der Waals surface area contributed by atoms with Crippen molar-refractivity contribution in [3.8, 4) is 0 Å². The zero-order valence-electron chi connectivity index (χ0n) is 11.1. The number of hydrogen-bond acceptors (Lipinski definition) is 3. The highest BCUT2D eigenvalue weighted by Crippen LogP contribution is 2.10. The monoisotopic (exact) mass is 252 g/mol. The molecule has 0 bridgehead atoms. The lowest BCUT2D eigenvalue weighted by Crippen LogP contribution is -2.01. The third kappa shape index (κ3) is 2.42. The fourth-order valence-electron chi connectivity index (χ4n) is 2.11. The van der Waals surface area contributed by atoms with Crippen LogP contribution in [0.25, 0.3) is 5.65 Å². The third-order valence-corrected chi connectivity index (χ3v) is 3.08. The molecule has 4 nitrogen and oxygen atoms in total. The standard InChI is InChI=1S/C15H16N4/c1-11-5-3-7-14(17-11)16-9-13-10-19-12(2)6-4-8-15(19)18-13/h3-8,10H,9H2,1-2H3,(H,16,17). The smallest absolute Gasteiger partial charge is 0.137 e. The van der Waals surface area contributed by atoms with Crippen molar-refractivity contribution in [3.63, 3.8) is 0 Å². The number of hydrogen-bond donors (Lipinski definition) is 1. The molecule has 3 aromatic rings. The summed E-state index contributed by atoms with van der Waals surface area (Å²) in [7, 11) is 0. The highest BCUT2D eigenvalue weighted by molar-refractivity contribution is 5.43. The Morgan fingerprint density at radius 2 is 1.89 bits per heavy atom. The second-order valence-electron chi connectivity index (χ2n) is 4.65. The van der Waals surface area contributed by atoms with E-state index in [0.29, 0.717) is 6.54 Å². The lowest BCUT2D eigenvalue weighted by atomic mass is 10.3. The van der Waals surface area contributed by atoms with Crippen LogP contribution in [0.4, 0.5) is 5.82 Å².